The summed E-state index contributed by atoms with van der Waals surface area (Å²) in [4.78, 5) is 38.8. The average molecular weight is 269 g/mol. The summed E-state index contributed by atoms with van der Waals surface area (Å²) in [5.74, 6) is -1.28. The first-order valence-corrected chi connectivity index (χ1v) is 6.58. The van der Waals surface area contributed by atoms with Crippen LogP contribution in [0.1, 0.15) is 12.8 Å². The van der Waals surface area contributed by atoms with Crippen molar-refractivity contribution in [3.05, 3.63) is 0 Å². The monoisotopic (exact) mass is 269 g/mol. The lowest BCUT2D eigenvalue weighted by Gasteiger charge is -2.38. The van der Waals surface area contributed by atoms with Crippen molar-refractivity contribution in [1.29, 1.82) is 0 Å². The number of rotatable bonds is 2. The summed E-state index contributed by atoms with van der Waals surface area (Å²) in [6, 6.07) is -0.100. The zero-order valence-corrected chi connectivity index (χ0v) is 10.8. The van der Waals surface area contributed by atoms with Gasteiger partial charge in [-0.25, -0.2) is 4.79 Å². The van der Waals surface area contributed by atoms with Crippen LogP contribution in [0, 0.1) is 5.92 Å². The van der Waals surface area contributed by atoms with Crippen molar-refractivity contribution in [2.75, 3.05) is 39.3 Å². The molecule has 0 bridgehead atoms. The maximum absolute atomic E-state index is 12.3. The van der Waals surface area contributed by atoms with Crippen molar-refractivity contribution >= 4 is 18.4 Å². The van der Waals surface area contributed by atoms with Crippen molar-refractivity contribution in [2.24, 2.45) is 5.92 Å². The maximum Gasteiger partial charge on any atom is 0.320 e. The van der Waals surface area contributed by atoms with E-state index in [1.807, 2.05) is 0 Å². The van der Waals surface area contributed by atoms with Gasteiger partial charge in [0, 0.05) is 39.3 Å². The van der Waals surface area contributed by atoms with E-state index in [0.717, 1.165) is 12.8 Å². The Bertz CT molecular complexity index is 366. The molecule has 2 heterocycles. The van der Waals surface area contributed by atoms with Crippen molar-refractivity contribution < 1.29 is 19.5 Å². The van der Waals surface area contributed by atoms with Gasteiger partial charge in [-0.05, 0) is 12.8 Å². The number of amides is 3. The number of carboxylic acid groups (broad SMARTS) is 1. The molecule has 0 aromatic carbocycles. The van der Waals surface area contributed by atoms with E-state index < -0.39 is 11.9 Å². The fourth-order valence-corrected chi connectivity index (χ4v) is 2.57. The average Bonchev–Trinajstić information content (AvgIpc) is 2.46. The van der Waals surface area contributed by atoms with Gasteiger partial charge in [-0.3, -0.25) is 9.59 Å². The molecular weight excluding hydrogens is 250 g/mol. The van der Waals surface area contributed by atoms with E-state index in [4.69, 9.17) is 5.11 Å². The summed E-state index contributed by atoms with van der Waals surface area (Å²) in [5.41, 5.74) is 0. The van der Waals surface area contributed by atoms with Crippen LogP contribution in [-0.2, 0) is 9.59 Å². The molecule has 2 aliphatic heterocycles. The van der Waals surface area contributed by atoms with Gasteiger partial charge >= 0.3 is 12.0 Å². The van der Waals surface area contributed by atoms with Gasteiger partial charge < -0.3 is 19.8 Å². The Morgan fingerprint density at radius 1 is 1.05 bits per heavy atom. The van der Waals surface area contributed by atoms with Crippen molar-refractivity contribution in [3.63, 3.8) is 0 Å². The third kappa shape index (κ3) is 3.15. The minimum absolute atomic E-state index is 0.100. The van der Waals surface area contributed by atoms with Crippen LogP contribution in [0.15, 0.2) is 0 Å². The highest BCUT2D eigenvalue weighted by molar-refractivity contribution is 5.77. The number of nitrogens with zero attached hydrogens (tertiary/aromatic N) is 3. The SMILES string of the molecule is O=CN1CCN(C(=O)N2CCCC(C(=O)O)C2)CC1. The number of carbonyl (C=O) groups is 3. The molecule has 2 rings (SSSR count). The fourth-order valence-electron chi connectivity index (χ4n) is 2.57. The molecule has 0 spiro atoms. The largest absolute Gasteiger partial charge is 0.481 e. The maximum atomic E-state index is 12.3. The molecule has 1 N–H and O–H groups in total. The van der Waals surface area contributed by atoms with Crippen LogP contribution < -0.4 is 0 Å². The highest BCUT2D eigenvalue weighted by Crippen LogP contribution is 2.18. The van der Waals surface area contributed by atoms with E-state index in [-0.39, 0.29) is 6.03 Å². The van der Waals surface area contributed by atoms with Gasteiger partial charge in [-0.2, -0.15) is 0 Å². The lowest BCUT2D eigenvalue weighted by atomic mass is 9.98. The van der Waals surface area contributed by atoms with E-state index in [9.17, 15) is 14.4 Å². The van der Waals surface area contributed by atoms with Gasteiger partial charge in [0.25, 0.3) is 0 Å². The van der Waals surface area contributed by atoms with Gasteiger partial charge in [0.2, 0.25) is 6.41 Å². The third-order valence-corrected chi connectivity index (χ3v) is 3.78. The highest BCUT2D eigenvalue weighted by atomic mass is 16.4. The van der Waals surface area contributed by atoms with E-state index in [1.165, 1.54) is 0 Å². The smallest absolute Gasteiger partial charge is 0.320 e. The lowest BCUT2D eigenvalue weighted by Crippen LogP contribution is -2.54. The number of likely N-dealkylation sites (tertiary alicyclic amines) is 1. The Balaban J connectivity index is 1.89. The predicted octanol–water partition coefficient (Wildman–Crippen LogP) is -0.323. The molecule has 0 saturated carbocycles. The molecule has 1 atom stereocenters. The van der Waals surface area contributed by atoms with Crippen LogP contribution in [0.5, 0.6) is 0 Å². The quantitative estimate of drug-likeness (QED) is 0.696. The van der Waals surface area contributed by atoms with Crippen LogP contribution in [0.4, 0.5) is 4.79 Å². The predicted molar refractivity (Wildman–Crippen MR) is 66.5 cm³/mol. The Hall–Kier alpha value is -1.79. The molecule has 0 aromatic rings. The first-order chi connectivity index (χ1) is 9.11. The van der Waals surface area contributed by atoms with Gasteiger partial charge in [0.15, 0.2) is 0 Å². The summed E-state index contributed by atoms with van der Waals surface area (Å²) >= 11 is 0. The van der Waals surface area contributed by atoms with E-state index in [1.54, 1.807) is 14.7 Å². The second kappa shape index (κ2) is 5.90. The second-order valence-electron chi connectivity index (χ2n) is 5.03. The van der Waals surface area contributed by atoms with E-state index in [2.05, 4.69) is 0 Å². The molecule has 0 aliphatic carbocycles. The number of urea groups is 1. The van der Waals surface area contributed by atoms with Crippen molar-refractivity contribution in [2.45, 2.75) is 12.8 Å². The molecule has 2 saturated heterocycles. The zero-order chi connectivity index (χ0) is 13.8. The Kier molecular flexibility index (Phi) is 4.24. The first-order valence-electron chi connectivity index (χ1n) is 6.58. The molecule has 19 heavy (non-hydrogen) atoms. The van der Waals surface area contributed by atoms with Crippen LogP contribution >= 0.6 is 0 Å². The van der Waals surface area contributed by atoms with Crippen LogP contribution in [0.3, 0.4) is 0 Å². The summed E-state index contributed by atoms with van der Waals surface area (Å²) in [7, 11) is 0. The third-order valence-electron chi connectivity index (χ3n) is 3.78. The van der Waals surface area contributed by atoms with Crippen LogP contribution in [-0.4, -0.2) is 77.5 Å². The number of hydrogen-bond acceptors (Lipinski definition) is 3. The molecule has 2 aliphatic rings. The van der Waals surface area contributed by atoms with Gasteiger partial charge in [0.1, 0.15) is 0 Å². The Labute approximate surface area is 111 Å². The number of carboxylic acids is 1. The second-order valence-corrected chi connectivity index (χ2v) is 5.03. The normalized spacial score (nSPS) is 24.2. The molecule has 106 valence electrons. The van der Waals surface area contributed by atoms with Gasteiger partial charge in [0.05, 0.1) is 5.92 Å². The van der Waals surface area contributed by atoms with E-state index >= 15 is 0 Å². The number of piperidine rings is 1. The number of aliphatic carboxylic acids is 1. The Morgan fingerprint density at radius 2 is 1.74 bits per heavy atom. The molecule has 3 amide bonds. The highest BCUT2D eigenvalue weighted by Gasteiger charge is 2.31. The zero-order valence-electron chi connectivity index (χ0n) is 10.8. The molecule has 0 aromatic heterocycles. The van der Waals surface area contributed by atoms with Gasteiger partial charge in [-0.15, -0.1) is 0 Å². The molecule has 2 fully saturated rings. The standard InChI is InChI=1S/C12H19N3O4/c16-9-13-4-6-14(7-5-13)12(19)15-3-1-2-10(8-15)11(17)18/h9-10H,1-8H2,(H,17,18). The number of hydrogen-bond donors (Lipinski definition) is 1. The topological polar surface area (TPSA) is 81.2 Å². The van der Waals surface area contributed by atoms with Crippen LogP contribution in [0.25, 0.3) is 0 Å². The number of piperazine rings is 1. The summed E-state index contributed by atoms with van der Waals surface area (Å²) < 4.78 is 0. The fraction of sp³-hybridized carbons (Fsp3) is 0.750. The van der Waals surface area contributed by atoms with Gasteiger partial charge in [-0.1, -0.05) is 0 Å². The summed E-state index contributed by atoms with van der Waals surface area (Å²) in [6.07, 6.45) is 2.16. The summed E-state index contributed by atoms with van der Waals surface area (Å²) in [6.45, 7) is 3.05. The molecule has 7 heteroatoms. The summed E-state index contributed by atoms with van der Waals surface area (Å²) in [5, 5.41) is 9.02. The molecule has 1 unspecified atom stereocenters. The Morgan fingerprint density at radius 3 is 2.32 bits per heavy atom. The van der Waals surface area contributed by atoms with E-state index in [0.29, 0.717) is 45.7 Å². The molecule has 0 radical (unpaired) electrons. The van der Waals surface area contributed by atoms with Crippen LogP contribution in [0.2, 0.25) is 0 Å². The lowest BCUT2D eigenvalue weighted by molar-refractivity contribution is -0.143. The minimum atomic E-state index is -0.830. The molecular formula is C12H19N3O4. The van der Waals surface area contributed by atoms with Crippen molar-refractivity contribution in [1.82, 2.24) is 14.7 Å². The first kappa shape index (κ1) is 13.6. The number of carbonyl (C=O) groups excluding carboxylic acids is 2. The molecule has 7 nitrogen and oxygen atoms in total. The minimum Gasteiger partial charge on any atom is -0.481 e. The van der Waals surface area contributed by atoms with Crippen molar-refractivity contribution in [3.8, 4) is 0 Å².